The average molecular weight is 689 g/mol. The fraction of sp³-hybridized carbons (Fsp3) is 0.537. The van der Waals surface area contributed by atoms with Gasteiger partial charge >= 0.3 is 12.2 Å². The number of nitrogens with one attached hydrogen (secondary N) is 3. The first-order valence-electron chi connectivity index (χ1n) is 17.7. The number of allylic oxidation sites excluding steroid dienone is 1. The number of rotatable bonds is 5. The Morgan fingerprint density at radius 2 is 1.24 bits per heavy atom. The lowest BCUT2D eigenvalue weighted by Crippen LogP contribution is -2.46. The van der Waals surface area contributed by atoms with E-state index >= 15 is 0 Å². The Morgan fingerprint density at radius 3 is 1.72 bits per heavy atom. The largest absolute Gasteiger partial charge is 0.444 e. The molecule has 9 nitrogen and oxygen atoms in total. The van der Waals surface area contributed by atoms with Crippen molar-refractivity contribution < 1.29 is 23.9 Å². The van der Waals surface area contributed by atoms with Crippen molar-refractivity contribution in [2.45, 2.75) is 111 Å². The highest BCUT2D eigenvalue weighted by molar-refractivity contribution is 5.86. The molecule has 6 rings (SSSR count). The molecule has 2 fully saturated rings. The monoisotopic (exact) mass is 688 g/mol. The Labute approximate surface area is 300 Å². The molecular formula is C41H60N4O5. The fourth-order valence-electron chi connectivity index (χ4n) is 6.27. The van der Waals surface area contributed by atoms with Crippen LogP contribution >= 0.6 is 0 Å². The summed E-state index contributed by atoms with van der Waals surface area (Å²) in [5.74, 6) is 0. The van der Waals surface area contributed by atoms with Crippen molar-refractivity contribution in [3.8, 4) is 0 Å². The molecule has 2 aromatic carbocycles. The van der Waals surface area contributed by atoms with Crippen molar-refractivity contribution in [2.75, 3.05) is 32.7 Å². The van der Waals surface area contributed by atoms with Crippen molar-refractivity contribution in [1.82, 2.24) is 20.9 Å². The minimum absolute atomic E-state index is 0. The van der Waals surface area contributed by atoms with E-state index in [1.54, 1.807) is 0 Å². The third kappa shape index (κ3) is 14.1. The molecule has 2 amide bonds. The van der Waals surface area contributed by atoms with Crippen molar-refractivity contribution in [3.63, 3.8) is 0 Å². The number of amides is 2. The zero-order valence-electron chi connectivity index (χ0n) is 30.3. The van der Waals surface area contributed by atoms with E-state index in [0.29, 0.717) is 0 Å². The van der Waals surface area contributed by atoms with Gasteiger partial charge in [-0.3, -0.25) is 9.69 Å². The summed E-state index contributed by atoms with van der Waals surface area (Å²) in [5.41, 5.74) is 6.79. The number of hydrogen-bond acceptors (Lipinski definition) is 7. The van der Waals surface area contributed by atoms with Crippen LogP contribution in [0.15, 0.2) is 59.7 Å². The summed E-state index contributed by atoms with van der Waals surface area (Å²) in [4.78, 5) is 36.1. The van der Waals surface area contributed by atoms with Gasteiger partial charge in [0.25, 0.3) is 0 Å². The van der Waals surface area contributed by atoms with Crippen LogP contribution in [0.25, 0.3) is 12.2 Å². The molecule has 0 spiro atoms. The van der Waals surface area contributed by atoms with Crippen LogP contribution in [0.4, 0.5) is 9.59 Å². The third-order valence-electron chi connectivity index (χ3n) is 8.57. The van der Waals surface area contributed by atoms with E-state index in [1.165, 1.54) is 27.8 Å². The summed E-state index contributed by atoms with van der Waals surface area (Å²) in [6.07, 6.45) is 10.4. The molecule has 274 valence electrons. The highest BCUT2D eigenvalue weighted by atomic mass is 16.6. The summed E-state index contributed by atoms with van der Waals surface area (Å²) >= 11 is 0. The molecule has 0 unspecified atom stereocenters. The number of likely N-dealkylation sites (tertiary alicyclic amines) is 1. The van der Waals surface area contributed by atoms with Crippen molar-refractivity contribution in [1.29, 1.82) is 0 Å². The van der Waals surface area contributed by atoms with E-state index in [4.69, 9.17) is 9.47 Å². The van der Waals surface area contributed by atoms with Crippen molar-refractivity contribution in [2.24, 2.45) is 0 Å². The molecule has 0 radical (unpaired) electrons. The van der Waals surface area contributed by atoms with Gasteiger partial charge in [0.1, 0.15) is 17.5 Å². The summed E-state index contributed by atoms with van der Waals surface area (Å²) in [6, 6.07) is 17.2. The van der Waals surface area contributed by atoms with Crippen LogP contribution in [0.3, 0.4) is 0 Å². The first-order valence-corrected chi connectivity index (χ1v) is 17.7. The first kappa shape index (κ1) is 40.5. The number of piperidine rings is 2. The number of alkyl carbamates (subject to hydrolysis) is 2. The van der Waals surface area contributed by atoms with Crippen LogP contribution in [0.2, 0.25) is 0 Å². The summed E-state index contributed by atoms with van der Waals surface area (Å²) in [7, 11) is 0. The Hall–Kier alpha value is -3.95. The number of aldehydes is 1. The van der Waals surface area contributed by atoms with Crippen LogP contribution < -0.4 is 16.0 Å². The topological polar surface area (TPSA) is 109 Å². The molecule has 0 aromatic heterocycles. The zero-order valence-corrected chi connectivity index (χ0v) is 30.3. The first-order chi connectivity index (χ1) is 23.3. The molecule has 2 saturated heterocycles. The molecule has 3 N–H and O–H groups in total. The number of hydrogen-bond donors (Lipinski definition) is 3. The Morgan fingerprint density at radius 1 is 0.760 bits per heavy atom. The summed E-state index contributed by atoms with van der Waals surface area (Å²) in [6.45, 7) is 16.3. The van der Waals surface area contributed by atoms with Crippen LogP contribution in [-0.4, -0.2) is 79.4 Å². The molecule has 0 atom stereocenters. The third-order valence-corrected chi connectivity index (χ3v) is 8.57. The normalized spacial score (nSPS) is 17.5. The summed E-state index contributed by atoms with van der Waals surface area (Å²) in [5, 5.41) is 9.12. The van der Waals surface area contributed by atoms with Gasteiger partial charge in [-0.1, -0.05) is 67.6 Å². The minimum Gasteiger partial charge on any atom is -0.444 e. The van der Waals surface area contributed by atoms with Crippen LogP contribution in [0.1, 0.15) is 96.9 Å². The Balaban J connectivity index is 0.000000221. The van der Waals surface area contributed by atoms with Gasteiger partial charge in [0.2, 0.25) is 0 Å². The van der Waals surface area contributed by atoms with Crippen molar-refractivity contribution in [3.05, 3.63) is 81.9 Å². The standard InChI is InChI=1S/C20H28N2O2.C10H20N2O2.C10H8O.CH4/c1-20(2,3)24-19(23)21-18-8-10-22(11-9-18)14-15-12-16-6-4-5-7-17(16)13-15;1-10(2,3)14-9(13)12-8-4-6-11-7-5-8;11-7-8-5-9-3-1-2-4-10(9)6-8;/h4-7,12,18H,8-11,13-14H2,1-3H3,(H,21,23);8,11H,4-7H2,1-3H3,(H,12,13);1-5,7H,6H2;1H4. The number of ether oxygens (including phenoxy) is 2. The Kier molecular flexibility index (Phi) is 15.3. The SMILES string of the molecule is C.CC(C)(C)OC(=O)NC1CCN(CC2=Cc3ccccc3C2)CC1.CC(C)(C)OC(=O)NC1CCNCC1.O=CC1=Cc2ccccc2C1. The fourth-order valence-corrected chi connectivity index (χ4v) is 6.27. The van der Waals surface area contributed by atoms with Crippen LogP contribution in [-0.2, 0) is 27.1 Å². The van der Waals surface area contributed by atoms with E-state index in [-0.39, 0.29) is 31.7 Å². The van der Waals surface area contributed by atoms with Gasteiger partial charge in [-0.05, 0) is 121 Å². The highest BCUT2D eigenvalue weighted by Gasteiger charge is 2.25. The lowest BCUT2D eigenvalue weighted by molar-refractivity contribution is -0.104. The number of nitrogens with zero attached hydrogens (tertiary/aromatic N) is 1. The van der Waals surface area contributed by atoms with Gasteiger partial charge in [-0.2, -0.15) is 0 Å². The second kappa shape index (κ2) is 18.9. The molecule has 2 aromatic rings. The second-order valence-electron chi connectivity index (χ2n) is 15.3. The molecule has 50 heavy (non-hydrogen) atoms. The van der Waals surface area contributed by atoms with Gasteiger partial charge in [0.15, 0.2) is 0 Å². The van der Waals surface area contributed by atoms with Gasteiger partial charge < -0.3 is 25.4 Å². The number of fused-ring (bicyclic) bond motifs is 2. The molecule has 4 aliphatic rings. The molecule has 2 aliphatic carbocycles. The minimum atomic E-state index is -0.436. The molecule has 9 heteroatoms. The van der Waals surface area contributed by atoms with Gasteiger partial charge in [0.05, 0.1) is 0 Å². The van der Waals surface area contributed by atoms with E-state index in [1.807, 2.05) is 65.8 Å². The number of benzene rings is 2. The molecule has 0 bridgehead atoms. The predicted molar refractivity (Wildman–Crippen MR) is 203 cm³/mol. The van der Waals surface area contributed by atoms with Crippen LogP contribution in [0.5, 0.6) is 0 Å². The quantitative estimate of drug-likeness (QED) is 0.282. The smallest absolute Gasteiger partial charge is 0.407 e. The number of carbonyl (C=O) groups is 3. The average Bonchev–Trinajstić information content (AvgIpc) is 3.65. The van der Waals surface area contributed by atoms with E-state index in [2.05, 4.69) is 57.3 Å². The summed E-state index contributed by atoms with van der Waals surface area (Å²) < 4.78 is 10.5. The molecule has 2 aliphatic heterocycles. The molecular weight excluding hydrogens is 628 g/mol. The zero-order chi connectivity index (χ0) is 35.4. The van der Waals surface area contributed by atoms with E-state index < -0.39 is 11.2 Å². The van der Waals surface area contributed by atoms with Gasteiger partial charge in [-0.15, -0.1) is 0 Å². The lowest BCUT2D eigenvalue weighted by atomic mass is 10.0. The van der Waals surface area contributed by atoms with Gasteiger partial charge in [0, 0.05) is 38.1 Å². The lowest BCUT2D eigenvalue weighted by Gasteiger charge is -2.33. The van der Waals surface area contributed by atoms with Gasteiger partial charge in [-0.25, -0.2) is 9.59 Å². The van der Waals surface area contributed by atoms with E-state index in [0.717, 1.165) is 83.1 Å². The molecule has 2 heterocycles. The predicted octanol–water partition coefficient (Wildman–Crippen LogP) is 7.34. The van der Waals surface area contributed by atoms with Crippen LogP contribution in [0, 0.1) is 0 Å². The Bertz CT molecular complexity index is 1470. The maximum absolute atomic E-state index is 11.9. The maximum Gasteiger partial charge on any atom is 0.407 e. The molecule has 0 saturated carbocycles. The highest BCUT2D eigenvalue weighted by Crippen LogP contribution is 2.26. The second-order valence-corrected chi connectivity index (χ2v) is 15.3. The maximum atomic E-state index is 11.9. The van der Waals surface area contributed by atoms with E-state index in [9.17, 15) is 14.4 Å². The number of carbonyl (C=O) groups excluding carboxylic acids is 3. The van der Waals surface area contributed by atoms with Crippen molar-refractivity contribution >= 4 is 30.6 Å².